The van der Waals surface area contributed by atoms with Crippen LogP contribution in [0, 0.1) is 13.8 Å². The number of likely N-dealkylation sites (tertiary alicyclic amines) is 1. The maximum atomic E-state index is 12.0. The summed E-state index contributed by atoms with van der Waals surface area (Å²) in [6.45, 7) is 10.2. The van der Waals surface area contributed by atoms with E-state index in [1.165, 1.54) is 11.3 Å². The molecule has 1 aromatic heterocycles. The van der Waals surface area contributed by atoms with Crippen LogP contribution in [0.5, 0.6) is 0 Å². The molecule has 1 saturated heterocycles. The highest BCUT2D eigenvalue weighted by molar-refractivity contribution is 14.0. The molecule has 3 heterocycles. The maximum Gasteiger partial charge on any atom is 0.222 e. The van der Waals surface area contributed by atoms with Crippen molar-refractivity contribution in [1.82, 2.24) is 15.4 Å². The molecular formula is C24H34IN5O2. The number of nitrogens with zero attached hydrogens (tertiary/aromatic N) is 4. The summed E-state index contributed by atoms with van der Waals surface area (Å²) in [6.07, 6.45) is 3.49. The van der Waals surface area contributed by atoms with Crippen LogP contribution in [-0.2, 0) is 11.2 Å². The minimum atomic E-state index is 0. The number of fused-ring (bicyclic) bond motifs is 1. The van der Waals surface area contributed by atoms with Crippen LogP contribution in [0.2, 0.25) is 0 Å². The molecule has 2 aliphatic rings. The second kappa shape index (κ2) is 11.2. The molecule has 0 bridgehead atoms. The number of benzene rings is 1. The summed E-state index contributed by atoms with van der Waals surface area (Å²) in [5, 5.41) is 7.52. The Bertz CT molecular complexity index is 938. The summed E-state index contributed by atoms with van der Waals surface area (Å²) < 4.78 is 5.28. The molecule has 1 unspecified atom stereocenters. The quantitative estimate of drug-likeness (QED) is 0.320. The zero-order valence-corrected chi connectivity index (χ0v) is 21.6. The number of aryl methyl sites for hydroxylation is 2. The van der Waals surface area contributed by atoms with Crippen LogP contribution < -0.4 is 10.2 Å². The number of para-hydroxylation sites is 1. The van der Waals surface area contributed by atoms with Crippen molar-refractivity contribution in [2.45, 2.75) is 52.4 Å². The molecule has 2 aliphatic heterocycles. The van der Waals surface area contributed by atoms with E-state index in [1.807, 2.05) is 18.7 Å². The molecule has 1 atom stereocenters. The second-order valence-corrected chi connectivity index (χ2v) is 8.43. The van der Waals surface area contributed by atoms with Gasteiger partial charge in [0, 0.05) is 56.3 Å². The van der Waals surface area contributed by atoms with Crippen molar-refractivity contribution < 1.29 is 9.32 Å². The molecule has 0 radical (unpaired) electrons. The summed E-state index contributed by atoms with van der Waals surface area (Å²) >= 11 is 0. The van der Waals surface area contributed by atoms with E-state index in [4.69, 9.17) is 9.52 Å². The number of aromatic nitrogens is 1. The van der Waals surface area contributed by atoms with Gasteiger partial charge in [-0.15, -0.1) is 24.0 Å². The van der Waals surface area contributed by atoms with Gasteiger partial charge in [0.2, 0.25) is 5.91 Å². The number of guanidine groups is 1. The van der Waals surface area contributed by atoms with E-state index in [1.54, 1.807) is 0 Å². The van der Waals surface area contributed by atoms with Crippen molar-refractivity contribution in [1.29, 1.82) is 0 Å². The highest BCUT2D eigenvalue weighted by Gasteiger charge is 2.32. The van der Waals surface area contributed by atoms with E-state index in [-0.39, 0.29) is 24.0 Å². The van der Waals surface area contributed by atoms with Crippen LogP contribution in [0.15, 0.2) is 33.8 Å². The molecule has 4 rings (SSSR count). The first kappa shape index (κ1) is 24.5. The molecule has 174 valence electrons. The number of amides is 1. The monoisotopic (exact) mass is 551 g/mol. The fourth-order valence-corrected chi connectivity index (χ4v) is 4.72. The minimum absolute atomic E-state index is 0. The van der Waals surface area contributed by atoms with Crippen LogP contribution in [-0.4, -0.2) is 54.6 Å². The molecule has 0 saturated carbocycles. The molecular weight excluding hydrogens is 517 g/mol. The SMILES string of the molecule is CCNC(=NCCc1c(C)noc1C)N1CC(CCN2CCCC2=O)c2ccccc21.I. The minimum Gasteiger partial charge on any atom is -0.361 e. The second-order valence-electron chi connectivity index (χ2n) is 8.43. The predicted octanol–water partition coefficient (Wildman–Crippen LogP) is 4.03. The van der Waals surface area contributed by atoms with Crippen molar-refractivity contribution in [3.05, 3.63) is 46.8 Å². The van der Waals surface area contributed by atoms with Crippen molar-refractivity contribution >= 4 is 41.5 Å². The predicted molar refractivity (Wildman–Crippen MR) is 138 cm³/mol. The Hall–Kier alpha value is -2.10. The third-order valence-electron chi connectivity index (χ3n) is 6.38. The van der Waals surface area contributed by atoms with Gasteiger partial charge in [0.1, 0.15) is 5.76 Å². The van der Waals surface area contributed by atoms with E-state index in [9.17, 15) is 4.79 Å². The van der Waals surface area contributed by atoms with Crippen LogP contribution >= 0.6 is 24.0 Å². The summed E-state index contributed by atoms with van der Waals surface area (Å²) in [5.74, 6) is 2.50. The van der Waals surface area contributed by atoms with Crippen LogP contribution in [0.1, 0.15) is 54.7 Å². The van der Waals surface area contributed by atoms with Gasteiger partial charge in [-0.1, -0.05) is 23.4 Å². The molecule has 8 heteroatoms. The fourth-order valence-electron chi connectivity index (χ4n) is 4.72. The molecule has 1 aromatic carbocycles. The fraction of sp³-hybridized carbons (Fsp3) is 0.542. The number of rotatable bonds is 7. The van der Waals surface area contributed by atoms with Crippen molar-refractivity contribution in [3.63, 3.8) is 0 Å². The van der Waals surface area contributed by atoms with Gasteiger partial charge < -0.3 is 19.6 Å². The zero-order chi connectivity index (χ0) is 21.8. The average molecular weight is 551 g/mol. The van der Waals surface area contributed by atoms with E-state index < -0.39 is 0 Å². The molecule has 7 nitrogen and oxygen atoms in total. The summed E-state index contributed by atoms with van der Waals surface area (Å²) in [5.41, 5.74) is 4.66. The summed E-state index contributed by atoms with van der Waals surface area (Å²) in [4.78, 5) is 21.3. The first-order valence-electron chi connectivity index (χ1n) is 11.4. The topological polar surface area (TPSA) is 74.0 Å². The van der Waals surface area contributed by atoms with Gasteiger partial charge in [0.05, 0.1) is 5.69 Å². The first-order chi connectivity index (χ1) is 15.1. The lowest BCUT2D eigenvalue weighted by atomic mass is 9.98. The standard InChI is InChI=1S/C24H33N5O2.HI/c1-4-25-24(26-13-11-20-17(2)27-31-18(20)3)29-16-19(21-8-5-6-9-22(21)29)12-15-28-14-7-10-23(28)30;/h5-6,8-9,19H,4,7,10-16H2,1-3H3,(H,25,26);1H. The number of aliphatic imine (C=N–C) groups is 1. The largest absolute Gasteiger partial charge is 0.361 e. The Kier molecular flexibility index (Phi) is 8.56. The Balaban J connectivity index is 0.00000289. The Morgan fingerprint density at radius 2 is 2.12 bits per heavy atom. The zero-order valence-electron chi connectivity index (χ0n) is 19.3. The van der Waals surface area contributed by atoms with Gasteiger partial charge in [-0.3, -0.25) is 9.79 Å². The molecule has 32 heavy (non-hydrogen) atoms. The number of halogens is 1. The van der Waals surface area contributed by atoms with E-state index in [2.05, 4.69) is 46.6 Å². The molecule has 1 amide bonds. The molecule has 0 aliphatic carbocycles. The van der Waals surface area contributed by atoms with Crippen molar-refractivity contribution in [2.24, 2.45) is 4.99 Å². The van der Waals surface area contributed by atoms with Gasteiger partial charge in [-0.2, -0.15) is 0 Å². The van der Waals surface area contributed by atoms with Gasteiger partial charge in [0.15, 0.2) is 5.96 Å². The van der Waals surface area contributed by atoms with Crippen LogP contribution in [0.25, 0.3) is 0 Å². The van der Waals surface area contributed by atoms with Gasteiger partial charge in [-0.25, -0.2) is 0 Å². The third kappa shape index (κ3) is 5.27. The maximum absolute atomic E-state index is 12.0. The lowest BCUT2D eigenvalue weighted by molar-refractivity contribution is -0.127. The van der Waals surface area contributed by atoms with Crippen molar-refractivity contribution in [3.8, 4) is 0 Å². The number of carbonyl (C=O) groups excluding carboxylic acids is 1. The Morgan fingerprint density at radius 1 is 1.31 bits per heavy atom. The molecule has 0 spiro atoms. The molecule has 1 fully saturated rings. The lowest BCUT2D eigenvalue weighted by Gasteiger charge is -2.23. The van der Waals surface area contributed by atoms with Gasteiger partial charge in [-0.05, 0) is 51.7 Å². The number of anilines is 1. The van der Waals surface area contributed by atoms with E-state index in [0.29, 0.717) is 24.8 Å². The normalized spacial score (nSPS) is 18.2. The summed E-state index contributed by atoms with van der Waals surface area (Å²) in [6, 6.07) is 8.60. The van der Waals surface area contributed by atoms with E-state index in [0.717, 1.165) is 68.4 Å². The first-order valence-corrected chi connectivity index (χ1v) is 11.4. The lowest BCUT2D eigenvalue weighted by Crippen LogP contribution is -2.41. The Morgan fingerprint density at radius 3 is 2.81 bits per heavy atom. The number of carbonyl (C=O) groups is 1. The van der Waals surface area contributed by atoms with Crippen LogP contribution in [0.3, 0.4) is 0 Å². The number of nitrogens with one attached hydrogen (secondary N) is 1. The molecule has 1 N–H and O–H groups in total. The highest BCUT2D eigenvalue weighted by atomic mass is 127. The van der Waals surface area contributed by atoms with Crippen LogP contribution in [0.4, 0.5) is 5.69 Å². The summed E-state index contributed by atoms with van der Waals surface area (Å²) in [7, 11) is 0. The highest BCUT2D eigenvalue weighted by Crippen LogP contribution is 2.38. The smallest absolute Gasteiger partial charge is 0.222 e. The number of hydrogen-bond donors (Lipinski definition) is 1. The van der Waals surface area contributed by atoms with Gasteiger partial charge in [0.25, 0.3) is 0 Å². The number of hydrogen-bond acceptors (Lipinski definition) is 4. The van der Waals surface area contributed by atoms with E-state index >= 15 is 0 Å². The van der Waals surface area contributed by atoms with Gasteiger partial charge >= 0.3 is 0 Å². The Labute approximate surface area is 207 Å². The average Bonchev–Trinajstić information content (AvgIpc) is 3.44. The molecule has 2 aromatic rings. The third-order valence-corrected chi connectivity index (χ3v) is 6.38. The van der Waals surface area contributed by atoms with Crippen molar-refractivity contribution in [2.75, 3.05) is 37.6 Å².